The third kappa shape index (κ3) is 3.57. The first kappa shape index (κ1) is 13.6. The van der Waals surface area contributed by atoms with Crippen molar-refractivity contribution in [1.82, 2.24) is 9.80 Å². The Balaban J connectivity index is 1.42. The predicted octanol–water partition coefficient (Wildman–Crippen LogP) is 1.79. The second-order valence-electron chi connectivity index (χ2n) is 5.95. The Morgan fingerprint density at radius 3 is 2.79 bits per heavy atom. The van der Waals surface area contributed by atoms with Crippen LogP contribution >= 0.6 is 11.3 Å². The third-order valence-electron chi connectivity index (χ3n) is 4.59. The summed E-state index contributed by atoms with van der Waals surface area (Å²) in [6, 6.07) is 5.65. The molecule has 0 aromatic carbocycles. The smallest absolute Gasteiger partial charge is 0.0235 e. The van der Waals surface area contributed by atoms with Crippen molar-refractivity contribution in [1.29, 1.82) is 0 Å². The fourth-order valence-corrected chi connectivity index (χ4v) is 4.02. The van der Waals surface area contributed by atoms with Crippen molar-refractivity contribution in [2.24, 2.45) is 5.73 Å². The highest BCUT2D eigenvalue weighted by molar-refractivity contribution is 7.09. The van der Waals surface area contributed by atoms with E-state index in [2.05, 4.69) is 27.3 Å². The van der Waals surface area contributed by atoms with Crippen LogP contribution in [-0.2, 0) is 6.42 Å². The molecular formula is C15H25N3S. The molecule has 3 nitrogen and oxygen atoms in total. The minimum absolute atomic E-state index is 0.451. The molecule has 0 saturated carbocycles. The Kier molecular flexibility index (Phi) is 4.53. The van der Waals surface area contributed by atoms with Gasteiger partial charge in [0.05, 0.1) is 0 Å². The summed E-state index contributed by atoms with van der Waals surface area (Å²) < 4.78 is 0. The number of rotatable bonds is 4. The average Bonchev–Trinajstić information content (AvgIpc) is 3.09. The summed E-state index contributed by atoms with van der Waals surface area (Å²) in [6.07, 6.45) is 4.94. The summed E-state index contributed by atoms with van der Waals surface area (Å²) in [4.78, 5) is 6.83. The number of nitrogens with zero attached hydrogens (tertiary/aromatic N) is 2. The highest BCUT2D eigenvalue weighted by atomic mass is 32.1. The van der Waals surface area contributed by atoms with E-state index < -0.39 is 0 Å². The first-order valence-corrected chi connectivity index (χ1v) is 8.43. The Labute approximate surface area is 120 Å². The maximum atomic E-state index is 5.99. The molecule has 2 fully saturated rings. The van der Waals surface area contributed by atoms with Crippen molar-refractivity contribution >= 4 is 11.3 Å². The van der Waals surface area contributed by atoms with E-state index in [0.717, 1.165) is 6.04 Å². The van der Waals surface area contributed by atoms with Gasteiger partial charge in [0.1, 0.15) is 0 Å². The lowest BCUT2D eigenvalue weighted by Gasteiger charge is -2.34. The number of hydrogen-bond donors (Lipinski definition) is 1. The lowest BCUT2D eigenvalue weighted by Crippen LogP contribution is -2.46. The van der Waals surface area contributed by atoms with Gasteiger partial charge in [-0.25, -0.2) is 0 Å². The Morgan fingerprint density at radius 2 is 2.05 bits per heavy atom. The molecule has 0 amide bonds. The SMILES string of the molecule is NC1CCN(C2CCN(CCc3cccs3)C2)CC1. The largest absolute Gasteiger partial charge is 0.328 e. The van der Waals surface area contributed by atoms with Crippen molar-refractivity contribution in [3.05, 3.63) is 22.4 Å². The van der Waals surface area contributed by atoms with Gasteiger partial charge in [-0.2, -0.15) is 0 Å². The monoisotopic (exact) mass is 279 g/mol. The van der Waals surface area contributed by atoms with Crippen LogP contribution in [0.4, 0.5) is 0 Å². The van der Waals surface area contributed by atoms with E-state index in [-0.39, 0.29) is 0 Å². The number of nitrogens with two attached hydrogens (primary N) is 1. The zero-order valence-corrected chi connectivity index (χ0v) is 12.4. The number of hydrogen-bond acceptors (Lipinski definition) is 4. The molecule has 1 atom stereocenters. The molecule has 2 saturated heterocycles. The summed E-state index contributed by atoms with van der Waals surface area (Å²) in [7, 11) is 0. The highest BCUT2D eigenvalue weighted by Crippen LogP contribution is 2.20. The molecule has 2 aliphatic rings. The van der Waals surface area contributed by atoms with Crippen molar-refractivity contribution in [2.75, 3.05) is 32.7 Å². The summed E-state index contributed by atoms with van der Waals surface area (Å²) in [5.74, 6) is 0. The normalized spacial score (nSPS) is 27.1. The van der Waals surface area contributed by atoms with Gasteiger partial charge in [-0.3, -0.25) is 4.90 Å². The van der Waals surface area contributed by atoms with E-state index in [4.69, 9.17) is 5.73 Å². The minimum atomic E-state index is 0.451. The van der Waals surface area contributed by atoms with E-state index in [0.29, 0.717) is 6.04 Å². The van der Waals surface area contributed by atoms with Crippen LogP contribution in [0.2, 0.25) is 0 Å². The molecule has 2 N–H and O–H groups in total. The lowest BCUT2D eigenvalue weighted by molar-refractivity contribution is 0.152. The molecule has 2 aliphatic heterocycles. The maximum Gasteiger partial charge on any atom is 0.0235 e. The van der Waals surface area contributed by atoms with E-state index in [1.165, 1.54) is 63.3 Å². The van der Waals surface area contributed by atoms with Crippen molar-refractivity contribution in [3.8, 4) is 0 Å². The molecule has 1 aromatic heterocycles. The lowest BCUT2D eigenvalue weighted by atomic mass is 10.0. The fourth-order valence-electron chi connectivity index (χ4n) is 3.32. The van der Waals surface area contributed by atoms with Crippen LogP contribution in [-0.4, -0.2) is 54.6 Å². The van der Waals surface area contributed by atoms with Crippen LogP contribution < -0.4 is 5.73 Å². The molecular weight excluding hydrogens is 254 g/mol. The maximum absolute atomic E-state index is 5.99. The van der Waals surface area contributed by atoms with E-state index in [1.807, 2.05) is 11.3 Å². The fraction of sp³-hybridized carbons (Fsp3) is 0.733. The molecule has 0 aliphatic carbocycles. The second kappa shape index (κ2) is 6.35. The van der Waals surface area contributed by atoms with Gasteiger partial charge in [-0.1, -0.05) is 6.07 Å². The van der Waals surface area contributed by atoms with Gasteiger partial charge >= 0.3 is 0 Å². The van der Waals surface area contributed by atoms with Gasteiger partial charge in [-0.15, -0.1) is 11.3 Å². The first-order chi connectivity index (χ1) is 9.31. The predicted molar refractivity (Wildman–Crippen MR) is 81.7 cm³/mol. The third-order valence-corrected chi connectivity index (χ3v) is 5.53. The molecule has 0 spiro atoms. The molecule has 19 heavy (non-hydrogen) atoms. The molecule has 4 heteroatoms. The summed E-state index contributed by atoms with van der Waals surface area (Å²) in [6.45, 7) is 6.19. The standard InChI is InChI=1S/C15H25N3S/c16-13-3-9-18(10-4-13)14-5-7-17(12-14)8-6-15-2-1-11-19-15/h1-2,11,13-14H,3-10,12,16H2. The van der Waals surface area contributed by atoms with Crippen molar-refractivity contribution in [2.45, 2.75) is 37.8 Å². The second-order valence-corrected chi connectivity index (χ2v) is 6.98. The zero-order chi connectivity index (χ0) is 13.1. The van der Waals surface area contributed by atoms with Gasteiger partial charge in [-0.05, 0) is 56.8 Å². The molecule has 1 aromatic rings. The Hall–Kier alpha value is -0.420. The zero-order valence-electron chi connectivity index (χ0n) is 11.6. The molecule has 0 radical (unpaired) electrons. The minimum Gasteiger partial charge on any atom is -0.328 e. The van der Waals surface area contributed by atoms with E-state index in [1.54, 1.807) is 0 Å². The molecule has 0 bridgehead atoms. The topological polar surface area (TPSA) is 32.5 Å². The van der Waals surface area contributed by atoms with Crippen LogP contribution in [0.25, 0.3) is 0 Å². The summed E-state index contributed by atoms with van der Waals surface area (Å²) in [5.41, 5.74) is 5.99. The van der Waals surface area contributed by atoms with Crippen LogP contribution in [0, 0.1) is 0 Å². The van der Waals surface area contributed by atoms with Gasteiger partial charge < -0.3 is 10.6 Å². The molecule has 3 heterocycles. The van der Waals surface area contributed by atoms with Gasteiger partial charge in [0.15, 0.2) is 0 Å². The van der Waals surface area contributed by atoms with Crippen molar-refractivity contribution in [3.63, 3.8) is 0 Å². The van der Waals surface area contributed by atoms with Crippen LogP contribution in [0.1, 0.15) is 24.1 Å². The number of thiophene rings is 1. The average molecular weight is 279 g/mol. The van der Waals surface area contributed by atoms with Crippen molar-refractivity contribution < 1.29 is 0 Å². The van der Waals surface area contributed by atoms with E-state index >= 15 is 0 Å². The Morgan fingerprint density at radius 1 is 1.21 bits per heavy atom. The number of likely N-dealkylation sites (tertiary alicyclic amines) is 2. The highest BCUT2D eigenvalue weighted by Gasteiger charge is 2.29. The first-order valence-electron chi connectivity index (χ1n) is 7.55. The van der Waals surface area contributed by atoms with Crippen LogP contribution in [0.15, 0.2) is 17.5 Å². The van der Waals surface area contributed by atoms with Crippen LogP contribution in [0.3, 0.4) is 0 Å². The van der Waals surface area contributed by atoms with E-state index in [9.17, 15) is 0 Å². The quantitative estimate of drug-likeness (QED) is 0.912. The number of piperidine rings is 1. The van der Waals surface area contributed by atoms with Gasteiger partial charge in [0.2, 0.25) is 0 Å². The molecule has 1 unspecified atom stereocenters. The summed E-state index contributed by atoms with van der Waals surface area (Å²) in [5, 5.41) is 2.18. The van der Waals surface area contributed by atoms with Crippen LogP contribution in [0.5, 0.6) is 0 Å². The molecule has 3 rings (SSSR count). The Bertz CT molecular complexity index is 371. The summed E-state index contributed by atoms with van der Waals surface area (Å²) >= 11 is 1.88. The molecule has 106 valence electrons. The van der Waals surface area contributed by atoms with Gasteiger partial charge in [0, 0.05) is 30.1 Å². The van der Waals surface area contributed by atoms with Gasteiger partial charge in [0.25, 0.3) is 0 Å².